The molecule has 2 N–H and O–H groups in total. The fraction of sp³-hybridized carbons (Fsp3) is 0.571. The number of carbonyl (C=O) groups excluding carboxylic acids is 2. The van der Waals surface area contributed by atoms with Gasteiger partial charge in [0, 0.05) is 6.42 Å². The molecule has 1 unspecified atom stereocenters. The molecule has 1 aliphatic carbocycles. The van der Waals surface area contributed by atoms with Crippen molar-refractivity contribution >= 4 is 12.0 Å². The minimum Gasteiger partial charge on any atom is -0.491 e. The average Bonchev–Trinajstić information content (AvgIpc) is 3.07. The van der Waals surface area contributed by atoms with E-state index < -0.39 is 11.6 Å². The number of amides is 2. The average molecular weight is 387 g/mol. The van der Waals surface area contributed by atoms with Crippen molar-refractivity contribution in [3.8, 4) is 11.8 Å². The van der Waals surface area contributed by atoms with Gasteiger partial charge in [-0.05, 0) is 57.9 Å². The van der Waals surface area contributed by atoms with Crippen LogP contribution in [-0.2, 0) is 9.53 Å². The van der Waals surface area contributed by atoms with E-state index >= 15 is 0 Å². The Labute approximate surface area is 166 Å². The monoisotopic (exact) mass is 387 g/mol. The van der Waals surface area contributed by atoms with Gasteiger partial charge < -0.3 is 20.1 Å². The summed E-state index contributed by atoms with van der Waals surface area (Å²) in [4.78, 5) is 24.5. The Bertz CT molecular complexity index is 703. The standard InChI is InChI=1S/C21H29N3O4/c1-15(2)28-20(26)24-21(10-4-5-11-21)12-19(25)23-16(3)14-27-18-8-6-17(13-22)7-9-18/h6-9,15-16H,4-5,10-12,14H2,1-3H3,(H,23,25)(H,24,26). The molecule has 1 aliphatic rings. The second kappa shape index (κ2) is 9.98. The lowest BCUT2D eigenvalue weighted by Gasteiger charge is -2.30. The van der Waals surface area contributed by atoms with Crippen LogP contribution in [-0.4, -0.2) is 36.3 Å². The van der Waals surface area contributed by atoms with Gasteiger partial charge in [-0.15, -0.1) is 0 Å². The largest absolute Gasteiger partial charge is 0.491 e. The first-order chi connectivity index (χ1) is 13.3. The number of nitrogens with zero attached hydrogens (tertiary/aromatic N) is 1. The van der Waals surface area contributed by atoms with Gasteiger partial charge in [-0.2, -0.15) is 5.26 Å². The van der Waals surface area contributed by atoms with E-state index in [9.17, 15) is 9.59 Å². The molecule has 0 bridgehead atoms. The lowest BCUT2D eigenvalue weighted by Crippen LogP contribution is -2.51. The molecule has 28 heavy (non-hydrogen) atoms. The molecule has 7 heteroatoms. The first-order valence-electron chi connectivity index (χ1n) is 9.73. The minimum absolute atomic E-state index is 0.123. The van der Waals surface area contributed by atoms with E-state index in [1.54, 1.807) is 38.1 Å². The Hall–Kier alpha value is -2.75. The van der Waals surface area contributed by atoms with Crippen molar-refractivity contribution in [3.63, 3.8) is 0 Å². The Morgan fingerprint density at radius 3 is 2.39 bits per heavy atom. The summed E-state index contributed by atoms with van der Waals surface area (Å²) in [5, 5.41) is 14.7. The van der Waals surface area contributed by atoms with Crippen molar-refractivity contribution in [2.24, 2.45) is 0 Å². The van der Waals surface area contributed by atoms with Crippen molar-refractivity contribution in [3.05, 3.63) is 29.8 Å². The maximum Gasteiger partial charge on any atom is 0.407 e. The topological polar surface area (TPSA) is 100 Å². The molecule has 0 heterocycles. The first-order valence-corrected chi connectivity index (χ1v) is 9.73. The minimum atomic E-state index is -0.538. The zero-order valence-electron chi connectivity index (χ0n) is 16.8. The molecule has 2 rings (SSSR count). The number of nitriles is 1. The molecule has 0 aliphatic heterocycles. The third kappa shape index (κ3) is 6.76. The van der Waals surface area contributed by atoms with E-state index in [0.29, 0.717) is 17.9 Å². The van der Waals surface area contributed by atoms with Crippen molar-refractivity contribution in [2.75, 3.05) is 6.61 Å². The van der Waals surface area contributed by atoms with Crippen molar-refractivity contribution < 1.29 is 19.1 Å². The lowest BCUT2D eigenvalue weighted by molar-refractivity contribution is -0.123. The highest BCUT2D eigenvalue weighted by Gasteiger charge is 2.38. The van der Waals surface area contributed by atoms with Gasteiger partial charge in [-0.25, -0.2) is 4.79 Å². The fourth-order valence-electron chi connectivity index (χ4n) is 3.38. The first kappa shape index (κ1) is 21.5. The molecule has 1 atom stereocenters. The third-order valence-electron chi connectivity index (χ3n) is 4.66. The Morgan fingerprint density at radius 1 is 1.18 bits per heavy atom. The second-order valence-electron chi connectivity index (χ2n) is 7.66. The number of carbonyl (C=O) groups is 2. The van der Waals surface area contributed by atoms with Crippen LogP contribution in [0.15, 0.2) is 24.3 Å². The van der Waals surface area contributed by atoms with Gasteiger partial charge in [0.2, 0.25) is 5.91 Å². The second-order valence-corrected chi connectivity index (χ2v) is 7.66. The molecule has 1 aromatic carbocycles. The summed E-state index contributed by atoms with van der Waals surface area (Å²) in [6.45, 7) is 5.77. The highest BCUT2D eigenvalue weighted by molar-refractivity contribution is 5.79. The predicted octanol–water partition coefficient (Wildman–Crippen LogP) is 3.28. The maximum atomic E-state index is 12.5. The van der Waals surface area contributed by atoms with Crippen molar-refractivity contribution in [1.29, 1.82) is 5.26 Å². The summed E-state index contributed by atoms with van der Waals surface area (Å²) < 4.78 is 10.8. The van der Waals surface area contributed by atoms with E-state index in [0.717, 1.165) is 25.7 Å². The smallest absolute Gasteiger partial charge is 0.407 e. The highest BCUT2D eigenvalue weighted by atomic mass is 16.6. The SMILES string of the molecule is CC(COc1ccc(C#N)cc1)NC(=O)CC1(NC(=O)OC(C)C)CCCC1. The molecule has 2 amide bonds. The molecule has 0 saturated heterocycles. The highest BCUT2D eigenvalue weighted by Crippen LogP contribution is 2.32. The molecule has 7 nitrogen and oxygen atoms in total. The molecule has 0 aromatic heterocycles. The van der Waals surface area contributed by atoms with E-state index in [-0.39, 0.29) is 24.5 Å². The Balaban J connectivity index is 1.82. The van der Waals surface area contributed by atoms with Crippen molar-refractivity contribution in [1.82, 2.24) is 10.6 Å². The molecule has 0 radical (unpaired) electrons. The number of hydrogen-bond donors (Lipinski definition) is 2. The van der Waals surface area contributed by atoms with Crippen LogP contribution < -0.4 is 15.4 Å². The van der Waals surface area contributed by atoms with Gasteiger partial charge >= 0.3 is 6.09 Å². The van der Waals surface area contributed by atoms with Gasteiger partial charge in [-0.1, -0.05) is 12.8 Å². The molecule has 0 spiro atoms. The van der Waals surface area contributed by atoms with Crippen LogP contribution in [0, 0.1) is 11.3 Å². The molecular formula is C21H29N3O4. The maximum absolute atomic E-state index is 12.5. The summed E-state index contributed by atoms with van der Waals surface area (Å²) in [6.07, 6.45) is 3.04. The summed E-state index contributed by atoms with van der Waals surface area (Å²) >= 11 is 0. The molecular weight excluding hydrogens is 358 g/mol. The number of alkyl carbamates (subject to hydrolysis) is 1. The summed E-state index contributed by atoms with van der Waals surface area (Å²) in [5.74, 6) is 0.521. The summed E-state index contributed by atoms with van der Waals surface area (Å²) in [7, 11) is 0. The van der Waals surface area contributed by atoms with E-state index in [4.69, 9.17) is 14.7 Å². The van der Waals surface area contributed by atoms with Crippen molar-refractivity contribution in [2.45, 2.75) is 70.6 Å². The zero-order valence-corrected chi connectivity index (χ0v) is 16.8. The Kier molecular flexibility index (Phi) is 7.68. The van der Waals surface area contributed by atoms with E-state index in [1.165, 1.54) is 0 Å². The van der Waals surface area contributed by atoms with Crippen LogP contribution in [0.3, 0.4) is 0 Å². The summed E-state index contributed by atoms with van der Waals surface area (Å²) in [5.41, 5.74) is 0.0306. The molecule has 1 fully saturated rings. The van der Waals surface area contributed by atoms with Gasteiger partial charge in [-0.3, -0.25) is 4.79 Å². The molecule has 1 saturated carbocycles. The fourth-order valence-corrected chi connectivity index (χ4v) is 3.38. The van der Waals surface area contributed by atoms with Crippen LogP contribution in [0.5, 0.6) is 5.75 Å². The number of hydrogen-bond acceptors (Lipinski definition) is 5. The molecule has 152 valence electrons. The van der Waals surface area contributed by atoms with Gasteiger partial charge in [0.15, 0.2) is 0 Å². The Morgan fingerprint density at radius 2 is 1.82 bits per heavy atom. The third-order valence-corrected chi connectivity index (χ3v) is 4.66. The van der Waals surface area contributed by atoms with E-state index in [1.807, 2.05) is 6.92 Å². The normalized spacial score (nSPS) is 16.1. The lowest BCUT2D eigenvalue weighted by atomic mass is 9.93. The zero-order chi connectivity index (χ0) is 20.6. The summed E-state index contributed by atoms with van der Waals surface area (Å²) in [6, 6.07) is 8.69. The molecule has 1 aromatic rings. The number of ether oxygens (including phenoxy) is 2. The van der Waals surface area contributed by atoms with Crippen LogP contribution in [0.4, 0.5) is 4.79 Å². The van der Waals surface area contributed by atoms with Gasteiger partial charge in [0.05, 0.1) is 29.3 Å². The van der Waals surface area contributed by atoms with E-state index in [2.05, 4.69) is 16.7 Å². The quantitative estimate of drug-likeness (QED) is 0.713. The number of benzene rings is 1. The number of rotatable bonds is 8. The van der Waals surface area contributed by atoms with Gasteiger partial charge in [0.1, 0.15) is 12.4 Å². The number of nitrogens with one attached hydrogen (secondary N) is 2. The van der Waals surface area contributed by atoms with Crippen LogP contribution in [0.1, 0.15) is 58.4 Å². The predicted molar refractivity (Wildman–Crippen MR) is 105 cm³/mol. The van der Waals surface area contributed by atoms with Crippen LogP contribution in [0.2, 0.25) is 0 Å². The van der Waals surface area contributed by atoms with Crippen LogP contribution >= 0.6 is 0 Å². The van der Waals surface area contributed by atoms with Gasteiger partial charge in [0.25, 0.3) is 0 Å². The van der Waals surface area contributed by atoms with Crippen LogP contribution in [0.25, 0.3) is 0 Å².